The number of likely N-dealkylation sites (tertiary alicyclic amines) is 1. The molecule has 1 aromatic heterocycles. The molecule has 6 aliphatic rings. The molecule has 4 heterocycles. The standard InChI is InChI=1S/C31H37N3O3/c1-29-6-4-21-11-22-12-25(35)24(34-16-23(32)17-34)14-30(22)7-8-31(21,37-30)27(29)13-26(36)28(29)19-3-2-18-5-9-33-15-20(18)10-19/h2-5,9-11,15,23-28,35-36H,6-8,12-14,16-17,32H2,1H3/t24-,25-,26+,27+,28-,29-,30+,31?/m0/s1. The van der Waals surface area contributed by atoms with Gasteiger partial charge in [0.05, 0.1) is 23.4 Å². The third-order valence-electron chi connectivity index (χ3n) is 11.2. The van der Waals surface area contributed by atoms with Gasteiger partial charge in [0.1, 0.15) is 0 Å². The van der Waals surface area contributed by atoms with Gasteiger partial charge in [0.2, 0.25) is 0 Å². The summed E-state index contributed by atoms with van der Waals surface area (Å²) < 4.78 is 7.36. The third-order valence-corrected chi connectivity index (χ3v) is 11.2. The van der Waals surface area contributed by atoms with Gasteiger partial charge in [0, 0.05) is 54.8 Å². The number of pyridine rings is 1. The van der Waals surface area contributed by atoms with E-state index in [0.717, 1.165) is 50.6 Å². The Hall–Kier alpha value is -2.09. The van der Waals surface area contributed by atoms with Crippen molar-refractivity contribution in [2.24, 2.45) is 17.1 Å². The lowest BCUT2D eigenvalue weighted by Gasteiger charge is -2.56. The minimum atomic E-state index is -0.403. The minimum Gasteiger partial charge on any atom is -0.392 e. The molecule has 2 saturated heterocycles. The summed E-state index contributed by atoms with van der Waals surface area (Å²) >= 11 is 0. The zero-order valence-corrected chi connectivity index (χ0v) is 21.5. The van der Waals surface area contributed by atoms with Crippen LogP contribution in [-0.2, 0) is 4.74 Å². The molecule has 8 rings (SSSR count). The summed E-state index contributed by atoms with van der Waals surface area (Å²) in [5, 5.41) is 25.0. The van der Waals surface area contributed by atoms with Crippen LogP contribution in [0.3, 0.4) is 0 Å². The van der Waals surface area contributed by atoms with Crippen molar-refractivity contribution in [3.63, 3.8) is 0 Å². The van der Waals surface area contributed by atoms with Crippen molar-refractivity contribution in [2.75, 3.05) is 13.1 Å². The second-order valence-corrected chi connectivity index (χ2v) is 13.1. The molecular weight excluding hydrogens is 462 g/mol. The summed E-state index contributed by atoms with van der Waals surface area (Å²) in [5.41, 5.74) is 9.15. The Morgan fingerprint density at radius 3 is 2.81 bits per heavy atom. The van der Waals surface area contributed by atoms with Crippen molar-refractivity contribution in [3.8, 4) is 0 Å². The van der Waals surface area contributed by atoms with Crippen LogP contribution < -0.4 is 5.73 Å². The fourth-order valence-corrected chi connectivity index (χ4v) is 9.46. The number of hydrogen-bond acceptors (Lipinski definition) is 6. The van der Waals surface area contributed by atoms with Gasteiger partial charge in [-0.1, -0.05) is 31.2 Å². The van der Waals surface area contributed by atoms with E-state index < -0.39 is 6.10 Å². The smallest absolute Gasteiger partial charge is 0.0975 e. The molecular formula is C31H37N3O3. The van der Waals surface area contributed by atoms with Gasteiger partial charge in [0.15, 0.2) is 0 Å². The van der Waals surface area contributed by atoms with E-state index in [-0.39, 0.29) is 46.6 Å². The van der Waals surface area contributed by atoms with E-state index in [4.69, 9.17) is 10.5 Å². The lowest BCUT2D eigenvalue weighted by molar-refractivity contribution is -0.155. The fraction of sp³-hybridized carbons (Fsp3) is 0.581. The normalized spacial score (nSPS) is 45.0. The SMILES string of the molecule is C[C@]12CC=C3C=C4C[C@H](O)[C@@H](N5CC(N)C5)C[C@]45CCC3(O5)[C@@H]1C[C@@H](O)[C@@H]2c1ccc2ccncc2c1. The molecule has 194 valence electrons. The lowest BCUT2D eigenvalue weighted by atomic mass is 9.58. The largest absolute Gasteiger partial charge is 0.392 e. The van der Waals surface area contributed by atoms with Crippen molar-refractivity contribution in [1.29, 1.82) is 0 Å². The molecule has 2 spiro atoms. The van der Waals surface area contributed by atoms with E-state index in [1.165, 1.54) is 22.1 Å². The van der Waals surface area contributed by atoms with Crippen LogP contribution in [0.2, 0.25) is 0 Å². The Balaban J connectivity index is 1.17. The molecule has 6 heteroatoms. The van der Waals surface area contributed by atoms with Crippen LogP contribution in [0.1, 0.15) is 56.9 Å². The van der Waals surface area contributed by atoms with Crippen LogP contribution in [0.5, 0.6) is 0 Å². The highest BCUT2D eigenvalue weighted by Gasteiger charge is 2.68. The first-order valence-electron chi connectivity index (χ1n) is 14.1. The second-order valence-electron chi connectivity index (χ2n) is 13.1. The van der Waals surface area contributed by atoms with Crippen LogP contribution in [0.4, 0.5) is 0 Å². The van der Waals surface area contributed by atoms with E-state index in [0.29, 0.717) is 6.42 Å². The molecule has 6 nitrogen and oxygen atoms in total. The molecule has 2 saturated carbocycles. The number of hydrogen-bond donors (Lipinski definition) is 3. The minimum absolute atomic E-state index is 0.0586. The maximum absolute atomic E-state index is 11.6. The Kier molecular flexibility index (Phi) is 4.64. The maximum atomic E-state index is 11.6. The van der Waals surface area contributed by atoms with Crippen molar-refractivity contribution in [2.45, 2.75) is 86.9 Å². The van der Waals surface area contributed by atoms with Gasteiger partial charge in [0.25, 0.3) is 0 Å². The number of benzene rings is 1. The number of nitrogens with two attached hydrogens (primary N) is 1. The highest BCUT2D eigenvalue weighted by molar-refractivity contribution is 5.82. The quantitative estimate of drug-likeness (QED) is 0.587. The van der Waals surface area contributed by atoms with E-state index in [2.05, 4.69) is 47.2 Å². The van der Waals surface area contributed by atoms with Crippen molar-refractivity contribution in [1.82, 2.24) is 9.88 Å². The molecule has 3 aliphatic heterocycles. The molecule has 2 bridgehead atoms. The predicted molar refractivity (Wildman–Crippen MR) is 142 cm³/mol. The average molecular weight is 500 g/mol. The van der Waals surface area contributed by atoms with Crippen LogP contribution in [0.25, 0.3) is 10.8 Å². The van der Waals surface area contributed by atoms with Gasteiger partial charge >= 0.3 is 0 Å². The molecule has 2 aromatic rings. The molecule has 1 aromatic carbocycles. The average Bonchev–Trinajstić information content (AvgIpc) is 3.33. The van der Waals surface area contributed by atoms with Gasteiger partial charge in [-0.3, -0.25) is 9.88 Å². The van der Waals surface area contributed by atoms with Crippen LogP contribution in [0, 0.1) is 11.3 Å². The molecule has 1 unspecified atom stereocenters. The first kappa shape index (κ1) is 22.9. The van der Waals surface area contributed by atoms with E-state index >= 15 is 0 Å². The zero-order chi connectivity index (χ0) is 25.2. The van der Waals surface area contributed by atoms with E-state index in [1.807, 2.05) is 18.5 Å². The van der Waals surface area contributed by atoms with Crippen molar-refractivity contribution in [3.05, 3.63) is 65.5 Å². The first-order valence-corrected chi connectivity index (χ1v) is 14.1. The molecule has 4 fully saturated rings. The zero-order valence-electron chi connectivity index (χ0n) is 21.5. The van der Waals surface area contributed by atoms with Crippen LogP contribution >= 0.6 is 0 Å². The fourth-order valence-electron chi connectivity index (χ4n) is 9.46. The van der Waals surface area contributed by atoms with Gasteiger partial charge in [-0.25, -0.2) is 0 Å². The number of aliphatic hydroxyl groups excluding tert-OH is 2. The van der Waals surface area contributed by atoms with Gasteiger partial charge < -0.3 is 20.7 Å². The maximum Gasteiger partial charge on any atom is 0.0975 e. The Morgan fingerprint density at radius 1 is 1.11 bits per heavy atom. The van der Waals surface area contributed by atoms with Gasteiger partial charge in [-0.2, -0.15) is 0 Å². The summed E-state index contributed by atoms with van der Waals surface area (Å²) in [6.07, 6.45) is 13.0. The van der Waals surface area contributed by atoms with E-state index in [9.17, 15) is 10.2 Å². The summed E-state index contributed by atoms with van der Waals surface area (Å²) in [5.74, 6) is 0.313. The first-order chi connectivity index (χ1) is 17.8. The summed E-state index contributed by atoms with van der Waals surface area (Å²) in [6, 6.07) is 9.00. The lowest BCUT2D eigenvalue weighted by Crippen LogP contribution is -2.65. The number of rotatable bonds is 2. The van der Waals surface area contributed by atoms with Crippen LogP contribution in [0.15, 0.2) is 60.0 Å². The molecule has 3 aliphatic carbocycles. The molecule has 8 atom stereocenters. The number of fused-ring (bicyclic) bond motifs is 2. The summed E-state index contributed by atoms with van der Waals surface area (Å²) in [7, 11) is 0. The molecule has 4 N–H and O–H groups in total. The topological polar surface area (TPSA) is 91.8 Å². The highest BCUT2D eigenvalue weighted by atomic mass is 16.5. The number of ether oxygens (including phenoxy) is 1. The molecule has 37 heavy (non-hydrogen) atoms. The number of allylic oxidation sites excluding steroid dienone is 1. The van der Waals surface area contributed by atoms with Gasteiger partial charge in [-0.05, 0) is 78.2 Å². The van der Waals surface area contributed by atoms with E-state index in [1.54, 1.807) is 0 Å². The molecule has 0 radical (unpaired) electrons. The van der Waals surface area contributed by atoms with Crippen LogP contribution in [-0.4, -0.2) is 68.7 Å². The number of aromatic nitrogens is 1. The Bertz CT molecular complexity index is 1350. The second kappa shape index (κ2) is 7.51. The summed E-state index contributed by atoms with van der Waals surface area (Å²) in [6.45, 7) is 4.11. The Morgan fingerprint density at radius 2 is 1.97 bits per heavy atom. The monoisotopic (exact) mass is 499 g/mol. The van der Waals surface area contributed by atoms with Crippen molar-refractivity contribution < 1.29 is 14.9 Å². The summed E-state index contributed by atoms with van der Waals surface area (Å²) in [4.78, 5) is 6.69. The Labute approximate surface area is 218 Å². The van der Waals surface area contributed by atoms with Crippen molar-refractivity contribution >= 4 is 10.8 Å². The number of aliphatic hydroxyl groups is 2. The molecule has 0 amide bonds. The third kappa shape index (κ3) is 2.97. The van der Waals surface area contributed by atoms with Gasteiger partial charge in [-0.15, -0.1) is 0 Å². The highest BCUT2D eigenvalue weighted by Crippen LogP contribution is 2.69. The predicted octanol–water partition coefficient (Wildman–Crippen LogP) is 3.43. The number of nitrogens with zero attached hydrogens (tertiary/aromatic N) is 2.